The number of nitrogens with zero attached hydrogens (tertiary/aromatic N) is 1. The first kappa shape index (κ1) is 12.9. The molecule has 0 bridgehead atoms. The lowest BCUT2D eigenvalue weighted by Gasteiger charge is -2.04. The maximum Gasteiger partial charge on any atom is 0.201 e. The molecule has 92 valence electrons. The fourth-order valence-electron chi connectivity index (χ4n) is 1.99. The number of imidazole rings is 1. The molecule has 0 aliphatic heterocycles. The minimum atomic E-state index is 0.448. The third-order valence-electron chi connectivity index (χ3n) is 2.94. The molecule has 1 heterocycles. The molecular formula is C13H16BrClN2. The van der Waals surface area contributed by atoms with E-state index in [4.69, 9.17) is 11.6 Å². The summed E-state index contributed by atoms with van der Waals surface area (Å²) >= 11 is 9.49. The Morgan fingerprint density at radius 1 is 1.29 bits per heavy atom. The zero-order valence-corrected chi connectivity index (χ0v) is 12.2. The van der Waals surface area contributed by atoms with Crippen molar-refractivity contribution in [1.29, 1.82) is 0 Å². The first-order valence-electron chi connectivity index (χ1n) is 6.05. The van der Waals surface area contributed by atoms with Gasteiger partial charge in [-0.1, -0.05) is 32.3 Å². The smallest absolute Gasteiger partial charge is 0.201 e. The SMILES string of the molecule is CCCCCCc1ccc2[nH]c(Cl)nc2c1Br. The van der Waals surface area contributed by atoms with E-state index in [1.807, 2.05) is 6.07 Å². The highest BCUT2D eigenvalue weighted by atomic mass is 79.9. The van der Waals surface area contributed by atoms with E-state index in [1.165, 1.54) is 31.2 Å². The molecule has 0 atom stereocenters. The number of benzene rings is 1. The van der Waals surface area contributed by atoms with Crippen molar-refractivity contribution in [2.24, 2.45) is 0 Å². The van der Waals surface area contributed by atoms with Crippen LogP contribution in [0.25, 0.3) is 11.0 Å². The third kappa shape index (κ3) is 3.02. The summed E-state index contributed by atoms with van der Waals surface area (Å²) in [5, 5.41) is 0.448. The van der Waals surface area contributed by atoms with E-state index in [0.717, 1.165) is 21.9 Å². The van der Waals surface area contributed by atoms with Crippen LogP contribution in [-0.4, -0.2) is 9.97 Å². The Morgan fingerprint density at radius 2 is 2.12 bits per heavy atom. The molecule has 1 aromatic heterocycles. The van der Waals surface area contributed by atoms with E-state index in [2.05, 4.69) is 38.9 Å². The van der Waals surface area contributed by atoms with Crippen molar-refractivity contribution in [3.8, 4) is 0 Å². The highest BCUT2D eigenvalue weighted by molar-refractivity contribution is 9.10. The van der Waals surface area contributed by atoms with Gasteiger partial charge in [-0.05, 0) is 52.0 Å². The number of unbranched alkanes of at least 4 members (excludes halogenated alkanes) is 3. The largest absolute Gasteiger partial charge is 0.329 e. The van der Waals surface area contributed by atoms with Gasteiger partial charge < -0.3 is 4.98 Å². The van der Waals surface area contributed by atoms with Gasteiger partial charge in [-0.2, -0.15) is 0 Å². The van der Waals surface area contributed by atoms with Crippen LogP contribution in [0.15, 0.2) is 16.6 Å². The number of hydrogen-bond donors (Lipinski definition) is 1. The highest BCUT2D eigenvalue weighted by Crippen LogP contribution is 2.28. The van der Waals surface area contributed by atoms with Gasteiger partial charge in [0.15, 0.2) is 0 Å². The summed E-state index contributed by atoms with van der Waals surface area (Å²) in [7, 11) is 0. The van der Waals surface area contributed by atoms with Gasteiger partial charge in [-0.15, -0.1) is 0 Å². The predicted octanol–water partition coefficient (Wildman–Crippen LogP) is 5.10. The summed E-state index contributed by atoms with van der Waals surface area (Å²) in [5.74, 6) is 0. The topological polar surface area (TPSA) is 28.7 Å². The Balaban J connectivity index is 2.15. The summed E-state index contributed by atoms with van der Waals surface area (Å²) in [6.45, 7) is 2.23. The molecule has 0 aliphatic carbocycles. The van der Waals surface area contributed by atoms with Gasteiger partial charge in [0.2, 0.25) is 5.28 Å². The van der Waals surface area contributed by atoms with Crippen LogP contribution >= 0.6 is 27.5 Å². The molecule has 2 nitrogen and oxygen atoms in total. The molecule has 1 N–H and O–H groups in total. The van der Waals surface area contributed by atoms with Gasteiger partial charge in [0.1, 0.15) is 5.52 Å². The van der Waals surface area contributed by atoms with Gasteiger partial charge in [0, 0.05) is 4.47 Å². The van der Waals surface area contributed by atoms with Crippen LogP contribution in [0.3, 0.4) is 0 Å². The molecule has 0 saturated carbocycles. The zero-order chi connectivity index (χ0) is 12.3. The van der Waals surface area contributed by atoms with Crippen molar-refractivity contribution in [2.75, 3.05) is 0 Å². The lowest BCUT2D eigenvalue weighted by molar-refractivity contribution is 0.666. The average Bonchev–Trinajstić information content (AvgIpc) is 2.69. The fraction of sp³-hybridized carbons (Fsp3) is 0.462. The van der Waals surface area contributed by atoms with Crippen LogP contribution in [0.2, 0.25) is 5.28 Å². The molecule has 2 rings (SSSR count). The van der Waals surface area contributed by atoms with Gasteiger partial charge in [-0.25, -0.2) is 4.98 Å². The number of nitrogens with one attached hydrogen (secondary N) is 1. The molecule has 0 fully saturated rings. The number of H-pyrrole nitrogens is 1. The van der Waals surface area contributed by atoms with Crippen LogP contribution in [0, 0.1) is 0 Å². The molecule has 0 unspecified atom stereocenters. The molecular weight excluding hydrogens is 300 g/mol. The first-order chi connectivity index (χ1) is 8.22. The number of rotatable bonds is 5. The number of fused-ring (bicyclic) bond motifs is 1. The molecule has 0 amide bonds. The normalized spacial score (nSPS) is 11.2. The van der Waals surface area contributed by atoms with Gasteiger partial charge in [0.05, 0.1) is 5.52 Å². The van der Waals surface area contributed by atoms with E-state index in [9.17, 15) is 0 Å². The summed E-state index contributed by atoms with van der Waals surface area (Å²) in [6.07, 6.45) is 6.21. The van der Waals surface area contributed by atoms with Crippen LogP contribution in [0.4, 0.5) is 0 Å². The monoisotopic (exact) mass is 314 g/mol. The third-order valence-corrected chi connectivity index (χ3v) is 4.01. The standard InChI is InChI=1S/C13H16BrClN2/c1-2-3-4-5-6-9-7-8-10-12(11(9)14)17-13(15)16-10/h7-8H,2-6H2,1H3,(H,16,17). The van der Waals surface area contributed by atoms with E-state index < -0.39 is 0 Å². The summed E-state index contributed by atoms with van der Waals surface area (Å²) < 4.78 is 1.08. The molecule has 0 radical (unpaired) electrons. The molecule has 0 aliphatic rings. The first-order valence-corrected chi connectivity index (χ1v) is 7.22. The van der Waals surface area contributed by atoms with Crippen LogP contribution < -0.4 is 0 Å². The molecule has 4 heteroatoms. The molecule has 0 spiro atoms. The van der Waals surface area contributed by atoms with E-state index in [1.54, 1.807) is 0 Å². The van der Waals surface area contributed by atoms with Crippen LogP contribution in [-0.2, 0) is 6.42 Å². The quantitative estimate of drug-likeness (QED) is 0.764. The van der Waals surface area contributed by atoms with Gasteiger partial charge in [0.25, 0.3) is 0 Å². The number of hydrogen-bond acceptors (Lipinski definition) is 1. The van der Waals surface area contributed by atoms with Gasteiger partial charge in [-0.3, -0.25) is 0 Å². The van der Waals surface area contributed by atoms with E-state index in [0.29, 0.717) is 5.28 Å². The second-order valence-electron chi connectivity index (χ2n) is 4.27. The summed E-state index contributed by atoms with van der Waals surface area (Å²) in [5.41, 5.74) is 3.24. The lowest BCUT2D eigenvalue weighted by Crippen LogP contribution is -1.88. The fourth-order valence-corrected chi connectivity index (χ4v) is 2.81. The number of halogens is 2. The van der Waals surface area contributed by atoms with Crippen molar-refractivity contribution < 1.29 is 0 Å². The van der Waals surface area contributed by atoms with E-state index >= 15 is 0 Å². The minimum Gasteiger partial charge on any atom is -0.329 e. The maximum atomic E-state index is 5.87. The Labute approximate surface area is 115 Å². The minimum absolute atomic E-state index is 0.448. The molecule has 0 saturated heterocycles. The maximum absolute atomic E-state index is 5.87. The molecule has 17 heavy (non-hydrogen) atoms. The Bertz CT molecular complexity index is 507. The van der Waals surface area contributed by atoms with Crippen molar-refractivity contribution in [3.05, 3.63) is 27.5 Å². The molecule has 2 aromatic rings. The van der Waals surface area contributed by atoms with Crippen molar-refractivity contribution in [1.82, 2.24) is 9.97 Å². The average molecular weight is 316 g/mol. The highest BCUT2D eigenvalue weighted by Gasteiger charge is 2.08. The van der Waals surface area contributed by atoms with Crippen molar-refractivity contribution in [2.45, 2.75) is 39.0 Å². The number of aromatic nitrogens is 2. The second-order valence-corrected chi connectivity index (χ2v) is 5.42. The Morgan fingerprint density at radius 3 is 2.88 bits per heavy atom. The number of aryl methyl sites for hydroxylation is 1. The van der Waals surface area contributed by atoms with Crippen LogP contribution in [0.5, 0.6) is 0 Å². The van der Waals surface area contributed by atoms with Crippen LogP contribution in [0.1, 0.15) is 38.2 Å². The zero-order valence-electron chi connectivity index (χ0n) is 9.89. The predicted molar refractivity (Wildman–Crippen MR) is 76.6 cm³/mol. The molecule has 1 aromatic carbocycles. The lowest BCUT2D eigenvalue weighted by atomic mass is 10.1. The summed E-state index contributed by atoms with van der Waals surface area (Å²) in [4.78, 5) is 7.31. The van der Waals surface area contributed by atoms with E-state index in [-0.39, 0.29) is 0 Å². The second kappa shape index (κ2) is 5.87. The van der Waals surface area contributed by atoms with Gasteiger partial charge >= 0.3 is 0 Å². The Hall–Kier alpha value is -0.540. The summed E-state index contributed by atoms with van der Waals surface area (Å²) in [6, 6.07) is 4.20. The Kier molecular flexibility index (Phi) is 4.46. The number of aromatic amines is 1. The van der Waals surface area contributed by atoms with Crippen molar-refractivity contribution >= 4 is 38.6 Å². The van der Waals surface area contributed by atoms with Crippen molar-refractivity contribution in [3.63, 3.8) is 0 Å².